The number of hydrogen-bond acceptors (Lipinski definition) is 5. The van der Waals surface area contributed by atoms with Gasteiger partial charge in [0.1, 0.15) is 5.37 Å². The molecule has 2 aliphatic heterocycles. The molecule has 1 unspecified atom stereocenters. The maximum absolute atomic E-state index is 12.5. The molecule has 4 rings (SSSR count). The second kappa shape index (κ2) is 8.35. The first-order chi connectivity index (χ1) is 13.7. The first kappa shape index (κ1) is 19.0. The molecule has 0 aromatic heterocycles. The second-order valence-corrected chi connectivity index (χ2v) is 8.36. The predicted molar refractivity (Wildman–Crippen MR) is 113 cm³/mol. The molecule has 1 atom stereocenters. The van der Waals surface area contributed by atoms with Crippen LogP contribution in [0.2, 0.25) is 0 Å². The van der Waals surface area contributed by atoms with Crippen LogP contribution in [0.3, 0.4) is 0 Å². The number of thioether (sulfide) groups is 1. The number of ether oxygens (including phenoxy) is 1. The lowest BCUT2D eigenvalue weighted by Gasteiger charge is -2.25. The van der Waals surface area contributed by atoms with Gasteiger partial charge in [0, 0.05) is 25.3 Å². The van der Waals surface area contributed by atoms with E-state index in [1.165, 1.54) is 24.1 Å². The van der Waals surface area contributed by atoms with Crippen molar-refractivity contribution < 1.29 is 14.6 Å². The number of carbonyl (C=O) groups excluding carboxylic acids is 1. The normalized spacial score (nSPS) is 19.5. The van der Waals surface area contributed by atoms with E-state index in [0.717, 1.165) is 25.1 Å². The van der Waals surface area contributed by atoms with E-state index in [1.54, 1.807) is 24.9 Å². The first-order valence-electron chi connectivity index (χ1n) is 9.77. The van der Waals surface area contributed by atoms with Crippen molar-refractivity contribution in [3.63, 3.8) is 0 Å². The molecule has 0 bridgehead atoms. The summed E-state index contributed by atoms with van der Waals surface area (Å²) in [7, 11) is 1.54. The molecule has 0 radical (unpaired) electrons. The fourth-order valence-corrected chi connectivity index (χ4v) is 5.14. The Kier molecular flexibility index (Phi) is 5.67. The molecule has 2 saturated heterocycles. The molecule has 0 aliphatic carbocycles. The van der Waals surface area contributed by atoms with Gasteiger partial charge in [0.25, 0.3) is 0 Å². The molecular weight excluding hydrogens is 372 g/mol. The lowest BCUT2D eigenvalue weighted by atomic mass is 10.1. The van der Waals surface area contributed by atoms with Gasteiger partial charge in [-0.05, 0) is 54.7 Å². The van der Waals surface area contributed by atoms with Crippen LogP contribution in [0.5, 0.6) is 11.5 Å². The molecule has 0 spiro atoms. The minimum absolute atomic E-state index is 0.0686. The van der Waals surface area contributed by atoms with Crippen molar-refractivity contribution in [2.24, 2.45) is 0 Å². The van der Waals surface area contributed by atoms with Crippen molar-refractivity contribution >= 4 is 23.4 Å². The van der Waals surface area contributed by atoms with Crippen molar-refractivity contribution in [3.05, 3.63) is 53.6 Å². The molecule has 2 aromatic carbocycles. The van der Waals surface area contributed by atoms with Gasteiger partial charge >= 0.3 is 0 Å². The number of methoxy groups -OCH3 is 1. The molecular formula is C22H26N2O3S. The number of phenolic OH excluding ortho intramolecular Hbond substituents is 1. The van der Waals surface area contributed by atoms with Crippen LogP contribution in [-0.4, -0.2) is 48.4 Å². The summed E-state index contributed by atoms with van der Waals surface area (Å²) in [6.07, 6.45) is 3.26. The van der Waals surface area contributed by atoms with Gasteiger partial charge in [0.05, 0.1) is 12.9 Å². The highest BCUT2D eigenvalue weighted by molar-refractivity contribution is 8.00. The molecule has 0 saturated carbocycles. The first-order valence-corrected chi connectivity index (χ1v) is 10.8. The van der Waals surface area contributed by atoms with Gasteiger partial charge in [-0.25, -0.2) is 0 Å². The Hall–Kier alpha value is -2.34. The molecule has 6 heteroatoms. The fraction of sp³-hybridized carbons (Fsp3) is 0.409. The highest BCUT2D eigenvalue weighted by Gasteiger charge is 2.32. The van der Waals surface area contributed by atoms with Gasteiger partial charge in [0.2, 0.25) is 5.91 Å². The minimum atomic E-state index is 0.0686. The third kappa shape index (κ3) is 3.92. The average molecular weight is 399 g/mol. The molecule has 2 aliphatic rings. The minimum Gasteiger partial charge on any atom is -0.504 e. The summed E-state index contributed by atoms with van der Waals surface area (Å²) in [4.78, 5) is 16.9. The zero-order chi connectivity index (χ0) is 19.5. The van der Waals surface area contributed by atoms with Gasteiger partial charge < -0.3 is 19.6 Å². The number of aromatic hydroxyl groups is 1. The number of amides is 1. The van der Waals surface area contributed by atoms with Crippen LogP contribution in [0, 0.1) is 0 Å². The Labute approximate surface area is 170 Å². The zero-order valence-corrected chi connectivity index (χ0v) is 17.0. The van der Waals surface area contributed by atoms with E-state index in [4.69, 9.17) is 4.74 Å². The Morgan fingerprint density at radius 2 is 1.89 bits per heavy atom. The number of rotatable bonds is 6. The molecule has 28 heavy (non-hydrogen) atoms. The van der Waals surface area contributed by atoms with Crippen LogP contribution < -0.4 is 9.64 Å². The Bertz CT molecular complexity index is 834. The highest BCUT2D eigenvalue weighted by atomic mass is 32.2. The highest BCUT2D eigenvalue weighted by Crippen LogP contribution is 2.39. The summed E-state index contributed by atoms with van der Waals surface area (Å²) in [6.45, 7) is 2.93. The van der Waals surface area contributed by atoms with Crippen LogP contribution in [-0.2, 0) is 11.2 Å². The largest absolute Gasteiger partial charge is 0.504 e. The van der Waals surface area contributed by atoms with Gasteiger partial charge in [-0.1, -0.05) is 18.2 Å². The van der Waals surface area contributed by atoms with Gasteiger partial charge in [-0.15, -0.1) is 11.8 Å². The van der Waals surface area contributed by atoms with Crippen LogP contribution in [0.1, 0.15) is 29.3 Å². The quantitative estimate of drug-likeness (QED) is 0.802. The SMILES string of the molecule is COc1cc(CCN2C(=O)CSC2c2ccc(N3CCCC3)cc2)ccc1O. The Morgan fingerprint density at radius 1 is 1.14 bits per heavy atom. The molecule has 2 heterocycles. The van der Waals surface area contributed by atoms with Crippen molar-refractivity contribution in [2.75, 3.05) is 37.4 Å². The summed E-state index contributed by atoms with van der Waals surface area (Å²) in [5.74, 6) is 1.31. The monoisotopic (exact) mass is 398 g/mol. The van der Waals surface area contributed by atoms with Crippen molar-refractivity contribution in [2.45, 2.75) is 24.6 Å². The van der Waals surface area contributed by atoms with E-state index in [1.807, 2.05) is 17.0 Å². The topological polar surface area (TPSA) is 53.0 Å². The summed E-state index contributed by atoms with van der Waals surface area (Å²) in [5, 5.41) is 9.82. The number of hydrogen-bond donors (Lipinski definition) is 1. The summed E-state index contributed by atoms with van der Waals surface area (Å²) in [5.41, 5.74) is 3.50. The number of phenols is 1. The summed E-state index contributed by atoms with van der Waals surface area (Å²) < 4.78 is 5.18. The van der Waals surface area contributed by atoms with E-state index in [9.17, 15) is 9.90 Å². The zero-order valence-electron chi connectivity index (χ0n) is 16.1. The smallest absolute Gasteiger partial charge is 0.233 e. The van der Waals surface area contributed by atoms with Crippen molar-refractivity contribution in [1.82, 2.24) is 4.90 Å². The van der Waals surface area contributed by atoms with E-state index >= 15 is 0 Å². The number of benzene rings is 2. The average Bonchev–Trinajstić information content (AvgIpc) is 3.38. The Morgan fingerprint density at radius 3 is 2.61 bits per heavy atom. The van der Waals surface area contributed by atoms with Gasteiger partial charge in [0.15, 0.2) is 11.5 Å². The Balaban J connectivity index is 1.44. The summed E-state index contributed by atoms with van der Waals surface area (Å²) in [6, 6.07) is 14.1. The maximum atomic E-state index is 12.5. The molecule has 5 nitrogen and oxygen atoms in total. The third-order valence-corrected chi connectivity index (χ3v) is 6.76. The van der Waals surface area contributed by atoms with Crippen LogP contribution in [0.15, 0.2) is 42.5 Å². The van der Waals surface area contributed by atoms with E-state index < -0.39 is 0 Å². The molecule has 1 N–H and O–H groups in total. The predicted octanol–water partition coefficient (Wildman–Crippen LogP) is 3.82. The van der Waals surface area contributed by atoms with Crippen molar-refractivity contribution in [1.29, 1.82) is 0 Å². The molecule has 148 valence electrons. The molecule has 2 fully saturated rings. The van der Waals surface area contributed by atoms with Crippen LogP contribution >= 0.6 is 11.8 Å². The maximum Gasteiger partial charge on any atom is 0.233 e. The standard InChI is InChI=1S/C22H26N2O3S/c1-27-20-14-16(4-9-19(20)25)10-13-24-21(26)15-28-22(24)17-5-7-18(8-6-17)23-11-2-3-12-23/h4-9,14,22,25H,2-3,10-13,15H2,1H3. The van der Waals surface area contributed by atoms with Crippen LogP contribution in [0.4, 0.5) is 5.69 Å². The lowest BCUT2D eigenvalue weighted by Crippen LogP contribution is -2.30. The van der Waals surface area contributed by atoms with E-state index in [2.05, 4.69) is 29.2 Å². The van der Waals surface area contributed by atoms with Crippen molar-refractivity contribution in [3.8, 4) is 11.5 Å². The van der Waals surface area contributed by atoms with Crippen LogP contribution in [0.25, 0.3) is 0 Å². The molecule has 1 amide bonds. The number of nitrogens with zero attached hydrogens (tertiary/aromatic N) is 2. The summed E-state index contributed by atoms with van der Waals surface area (Å²) >= 11 is 1.69. The molecule has 2 aromatic rings. The second-order valence-electron chi connectivity index (χ2n) is 7.29. The number of anilines is 1. The van der Waals surface area contributed by atoms with E-state index in [-0.39, 0.29) is 17.0 Å². The van der Waals surface area contributed by atoms with Gasteiger partial charge in [-0.3, -0.25) is 4.79 Å². The number of carbonyl (C=O) groups is 1. The van der Waals surface area contributed by atoms with Gasteiger partial charge in [-0.2, -0.15) is 0 Å². The lowest BCUT2D eigenvalue weighted by molar-refractivity contribution is -0.128. The third-order valence-electron chi connectivity index (χ3n) is 5.50. The van der Waals surface area contributed by atoms with E-state index in [0.29, 0.717) is 18.0 Å². The fourth-order valence-electron chi connectivity index (χ4n) is 3.92.